The van der Waals surface area contributed by atoms with Gasteiger partial charge < -0.3 is 8.98 Å². The monoisotopic (exact) mass is 660 g/mol. The molecule has 0 aliphatic heterocycles. The van der Waals surface area contributed by atoms with Gasteiger partial charge in [0.25, 0.3) is 0 Å². The van der Waals surface area contributed by atoms with Crippen molar-refractivity contribution in [2.45, 2.75) is 34.1 Å². The lowest BCUT2D eigenvalue weighted by molar-refractivity contribution is 0.620. The van der Waals surface area contributed by atoms with E-state index in [0.29, 0.717) is 5.89 Å². The topological polar surface area (TPSA) is 31.0 Å². The molecule has 0 unspecified atom stereocenters. The number of allylic oxidation sites excluding steroid dienone is 6. The Hall–Kier alpha value is -6.37. The summed E-state index contributed by atoms with van der Waals surface area (Å²) in [5.74, 6) is 3.63. The van der Waals surface area contributed by atoms with Crippen LogP contribution in [0.4, 0.5) is 0 Å². The van der Waals surface area contributed by atoms with Crippen LogP contribution in [0.2, 0.25) is 0 Å². The first-order chi connectivity index (χ1) is 24.9. The van der Waals surface area contributed by atoms with E-state index in [0.717, 1.165) is 73.3 Å². The third-order valence-electron chi connectivity index (χ3n) is 9.36. The third-order valence-corrected chi connectivity index (χ3v) is 9.36. The molecule has 0 saturated carbocycles. The molecule has 0 aliphatic rings. The number of nitrogens with zero attached hydrogens (tertiary/aromatic N) is 2. The molecule has 248 valence electrons. The van der Waals surface area contributed by atoms with Crippen LogP contribution in [0.5, 0.6) is 0 Å². The first kappa shape index (κ1) is 33.1. The van der Waals surface area contributed by atoms with E-state index in [1.807, 2.05) is 38.1 Å². The second-order valence-electron chi connectivity index (χ2n) is 12.8. The highest BCUT2D eigenvalue weighted by atomic mass is 16.3. The summed E-state index contributed by atoms with van der Waals surface area (Å²) in [7, 11) is 0. The number of terminal acetylenes is 1. The van der Waals surface area contributed by atoms with Gasteiger partial charge in [0, 0.05) is 33.5 Å². The van der Waals surface area contributed by atoms with Crippen molar-refractivity contribution >= 4 is 39.2 Å². The number of hydrogen-bond acceptors (Lipinski definition) is 2. The van der Waals surface area contributed by atoms with Gasteiger partial charge in [-0.3, -0.25) is 0 Å². The first-order valence-electron chi connectivity index (χ1n) is 17.4. The molecule has 3 heteroatoms. The van der Waals surface area contributed by atoms with Crippen LogP contribution in [0.3, 0.4) is 0 Å². The largest absolute Gasteiger partial charge is 0.436 e. The van der Waals surface area contributed by atoms with Gasteiger partial charge in [-0.1, -0.05) is 116 Å². The van der Waals surface area contributed by atoms with E-state index >= 15 is 0 Å². The number of aryl methyl sites for hydroxylation is 1. The van der Waals surface area contributed by atoms with Gasteiger partial charge in [-0.05, 0) is 109 Å². The molecule has 3 nitrogen and oxygen atoms in total. The molecule has 0 spiro atoms. The minimum Gasteiger partial charge on any atom is -0.436 e. The Morgan fingerprint density at radius 3 is 2.35 bits per heavy atom. The maximum Gasteiger partial charge on any atom is 0.227 e. The quantitative estimate of drug-likeness (QED) is 0.0876. The van der Waals surface area contributed by atoms with Crippen LogP contribution in [-0.4, -0.2) is 9.55 Å². The molecule has 7 aromatic rings. The second-order valence-corrected chi connectivity index (χ2v) is 12.8. The van der Waals surface area contributed by atoms with Crippen molar-refractivity contribution in [3.8, 4) is 40.6 Å². The summed E-state index contributed by atoms with van der Waals surface area (Å²) >= 11 is 0. The van der Waals surface area contributed by atoms with Crippen LogP contribution in [0.1, 0.15) is 48.7 Å². The molecule has 7 rings (SSSR count). The highest BCUT2D eigenvalue weighted by Gasteiger charge is 2.18. The zero-order chi connectivity index (χ0) is 35.5. The van der Waals surface area contributed by atoms with Crippen LogP contribution < -0.4 is 0 Å². The van der Waals surface area contributed by atoms with Crippen LogP contribution >= 0.6 is 0 Å². The normalized spacial score (nSPS) is 12.2. The Morgan fingerprint density at radius 1 is 0.882 bits per heavy atom. The summed E-state index contributed by atoms with van der Waals surface area (Å²) in [6.07, 6.45) is 15.7. The standard InChI is InChI=1S/C48H40N2O/c1-7-15-42(39(9-3)35-22-24-36(25-23-35)48-49-45-30-34(8-2)21-29-47(45)51-48)43-19-14-13-18-41(43)37-26-28-46-44(31-37)40(27-20-32(4)5)33(6)50(46)38-16-11-10-12-17-38/h3,7,10-31H,4,8H2,1-2,5-6H3. The molecule has 51 heavy (non-hydrogen) atoms. The van der Waals surface area contributed by atoms with Crippen LogP contribution in [0.25, 0.3) is 67.5 Å². The first-order valence-corrected chi connectivity index (χ1v) is 17.4. The number of aromatic nitrogens is 2. The molecule has 0 aliphatic carbocycles. The lowest BCUT2D eigenvalue weighted by Gasteiger charge is -2.15. The molecule has 0 saturated heterocycles. The summed E-state index contributed by atoms with van der Waals surface area (Å²) in [6, 6.07) is 40.1. The van der Waals surface area contributed by atoms with Crippen LogP contribution in [0, 0.1) is 19.3 Å². The van der Waals surface area contributed by atoms with E-state index < -0.39 is 0 Å². The van der Waals surface area contributed by atoms with Gasteiger partial charge in [0.05, 0.1) is 5.52 Å². The lowest BCUT2D eigenvalue weighted by atomic mass is 9.88. The Morgan fingerprint density at radius 2 is 1.63 bits per heavy atom. The van der Waals surface area contributed by atoms with Gasteiger partial charge in [-0.15, -0.1) is 6.42 Å². The smallest absolute Gasteiger partial charge is 0.227 e. The third kappa shape index (κ3) is 6.41. The minimum atomic E-state index is 0.597. The molecule has 5 aromatic carbocycles. The maximum absolute atomic E-state index is 6.33. The van der Waals surface area contributed by atoms with Gasteiger partial charge in [0.1, 0.15) is 5.52 Å². The number of hydrogen-bond donors (Lipinski definition) is 0. The van der Waals surface area contributed by atoms with Crippen molar-refractivity contribution in [1.29, 1.82) is 0 Å². The Bertz CT molecular complexity index is 2540. The minimum absolute atomic E-state index is 0.597. The predicted octanol–water partition coefficient (Wildman–Crippen LogP) is 12.7. The molecule has 2 aromatic heterocycles. The van der Waals surface area contributed by atoms with E-state index in [2.05, 4.69) is 146 Å². The van der Waals surface area contributed by atoms with Crippen molar-refractivity contribution < 1.29 is 4.42 Å². The number of benzene rings is 5. The summed E-state index contributed by atoms with van der Waals surface area (Å²) < 4.78 is 8.45. The fourth-order valence-electron chi connectivity index (χ4n) is 6.81. The molecule has 0 radical (unpaired) electrons. The molecule has 0 N–H and O–H groups in total. The van der Waals surface area contributed by atoms with Gasteiger partial charge >= 0.3 is 0 Å². The average Bonchev–Trinajstić information content (AvgIpc) is 3.71. The van der Waals surface area contributed by atoms with E-state index in [9.17, 15) is 0 Å². The Kier molecular flexibility index (Phi) is 9.25. The van der Waals surface area contributed by atoms with Gasteiger partial charge in [-0.2, -0.15) is 0 Å². The number of fused-ring (bicyclic) bond motifs is 2. The zero-order valence-corrected chi connectivity index (χ0v) is 29.6. The van der Waals surface area contributed by atoms with E-state index in [4.69, 9.17) is 15.8 Å². The fourth-order valence-corrected chi connectivity index (χ4v) is 6.81. The van der Waals surface area contributed by atoms with Crippen LogP contribution in [0.15, 0.2) is 150 Å². The summed E-state index contributed by atoms with van der Waals surface area (Å²) in [5.41, 5.74) is 15.5. The van der Waals surface area contributed by atoms with E-state index in [1.165, 1.54) is 22.2 Å². The fraction of sp³-hybridized carbons (Fsp3) is 0.104. The van der Waals surface area contributed by atoms with Crippen molar-refractivity contribution in [3.05, 3.63) is 174 Å². The maximum atomic E-state index is 6.33. The van der Waals surface area contributed by atoms with Gasteiger partial charge in [0.2, 0.25) is 5.89 Å². The molecule has 0 atom stereocenters. The number of para-hydroxylation sites is 1. The second kappa shape index (κ2) is 14.2. The molecule has 0 bridgehead atoms. The molecular formula is C48H40N2O. The molecule has 2 heterocycles. The summed E-state index contributed by atoms with van der Waals surface area (Å²) in [6.45, 7) is 12.5. The number of oxazole rings is 1. The van der Waals surface area contributed by atoms with Crippen molar-refractivity contribution in [2.24, 2.45) is 0 Å². The highest BCUT2D eigenvalue weighted by molar-refractivity contribution is 6.05. The van der Waals surface area contributed by atoms with Crippen molar-refractivity contribution in [2.75, 3.05) is 0 Å². The SMILES string of the molecule is C#CC(=C(C=CC)c1ccccc1-c1ccc2c(c1)c(C=CC(=C)C)c(C)n2-c1ccccc1)c1ccc(-c2nc3cc(CC)ccc3o2)cc1. The van der Waals surface area contributed by atoms with Gasteiger partial charge in [-0.25, -0.2) is 4.98 Å². The van der Waals surface area contributed by atoms with Gasteiger partial charge in [0.15, 0.2) is 5.58 Å². The van der Waals surface area contributed by atoms with Crippen molar-refractivity contribution in [1.82, 2.24) is 9.55 Å². The summed E-state index contributed by atoms with van der Waals surface area (Å²) in [4.78, 5) is 4.78. The van der Waals surface area contributed by atoms with E-state index in [-0.39, 0.29) is 0 Å². The van der Waals surface area contributed by atoms with Crippen LogP contribution in [-0.2, 0) is 6.42 Å². The van der Waals surface area contributed by atoms with Crippen molar-refractivity contribution in [3.63, 3.8) is 0 Å². The summed E-state index contributed by atoms with van der Waals surface area (Å²) in [5, 5.41) is 1.18. The average molecular weight is 661 g/mol. The van der Waals surface area contributed by atoms with E-state index in [1.54, 1.807) is 0 Å². The molecular weight excluding hydrogens is 621 g/mol. The zero-order valence-electron chi connectivity index (χ0n) is 29.6. The lowest BCUT2D eigenvalue weighted by Crippen LogP contribution is -1.96. The Labute approximate surface area is 300 Å². The Balaban J connectivity index is 1.34. The molecule has 0 amide bonds. The number of rotatable bonds is 9. The highest BCUT2D eigenvalue weighted by Crippen LogP contribution is 2.39. The molecule has 0 fully saturated rings. The predicted molar refractivity (Wildman–Crippen MR) is 217 cm³/mol.